The molecule has 5 heteroatoms. The van der Waals surface area contributed by atoms with Crippen LogP contribution in [0.5, 0.6) is 0 Å². The highest BCUT2D eigenvalue weighted by Crippen LogP contribution is 2.28. The van der Waals surface area contributed by atoms with Crippen molar-refractivity contribution in [1.82, 2.24) is 4.90 Å². The third-order valence-electron chi connectivity index (χ3n) is 3.91. The van der Waals surface area contributed by atoms with E-state index in [1.807, 2.05) is 6.07 Å². The summed E-state index contributed by atoms with van der Waals surface area (Å²) in [5, 5.41) is 0. The topological polar surface area (TPSA) is 20.3 Å². The van der Waals surface area contributed by atoms with Gasteiger partial charge in [0.05, 0.1) is 0 Å². The molecule has 1 aliphatic heterocycles. The van der Waals surface area contributed by atoms with E-state index in [-0.39, 0.29) is 17.3 Å². The van der Waals surface area contributed by atoms with Gasteiger partial charge >= 0.3 is 0 Å². The van der Waals surface area contributed by atoms with E-state index >= 15 is 0 Å². The zero-order valence-electron chi connectivity index (χ0n) is 11.7. The molecule has 1 aliphatic rings. The Morgan fingerprint density at radius 2 is 1.73 bits per heavy atom. The Kier molecular flexibility index (Phi) is 3.88. The Balaban J connectivity index is 1.76. The second kappa shape index (κ2) is 5.83. The molecule has 0 spiro atoms. The molecule has 0 aliphatic carbocycles. The van der Waals surface area contributed by atoms with E-state index in [2.05, 4.69) is 0 Å². The normalized spacial score (nSPS) is 17.8. The highest BCUT2D eigenvalue weighted by Gasteiger charge is 2.28. The minimum absolute atomic E-state index is 0.00241. The SMILES string of the molecule is O=C(c1cc(F)cc(F)c1)N1CCC(c2cccc(F)c2)C1. The van der Waals surface area contributed by atoms with Gasteiger partial charge in [-0.3, -0.25) is 4.79 Å². The quantitative estimate of drug-likeness (QED) is 0.828. The first-order valence-electron chi connectivity index (χ1n) is 7.04. The third-order valence-corrected chi connectivity index (χ3v) is 3.91. The first-order chi connectivity index (χ1) is 10.5. The van der Waals surface area contributed by atoms with Crippen molar-refractivity contribution in [1.29, 1.82) is 0 Å². The fourth-order valence-electron chi connectivity index (χ4n) is 2.84. The van der Waals surface area contributed by atoms with Gasteiger partial charge in [-0.15, -0.1) is 0 Å². The molecule has 22 heavy (non-hydrogen) atoms. The molecule has 1 fully saturated rings. The maximum absolute atomic E-state index is 13.3. The number of amides is 1. The number of hydrogen-bond acceptors (Lipinski definition) is 1. The van der Waals surface area contributed by atoms with Crippen LogP contribution in [-0.4, -0.2) is 23.9 Å². The lowest BCUT2D eigenvalue weighted by Gasteiger charge is -2.17. The summed E-state index contributed by atoms with van der Waals surface area (Å²) in [6.45, 7) is 0.901. The Bertz CT molecular complexity index is 697. The van der Waals surface area contributed by atoms with Crippen molar-refractivity contribution >= 4 is 5.91 Å². The van der Waals surface area contributed by atoms with Gasteiger partial charge in [-0.2, -0.15) is 0 Å². The molecular formula is C17H14F3NO. The van der Waals surface area contributed by atoms with Crippen LogP contribution in [0.25, 0.3) is 0 Å². The summed E-state index contributed by atoms with van der Waals surface area (Å²) >= 11 is 0. The van der Waals surface area contributed by atoms with Gasteiger partial charge in [0, 0.05) is 30.6 Å². The molecule has 0 N–H and O–H groups in total. The average Bonchev–Trinajstić information content (AvgIpc) is 2.95. The molecule has 2 aromatic rings. The zero-order chi connectivity index (χ0) is 15.7. The second-order valence-electron chi connectivity index (χ2n) is 5.45. The maximum Gasteiger partial charge on any atom is 0.254 e. The minimum atomic E-state index is -0.774. The van der Waals surface area contributed by atoms with E-state index in [1.165, 1.54) is 12.1 Å². The molecule has 114 valence electrons. The summed E-state index contributed by atoms with van der Waals surface area (Å²) in [6, 6.07) is 9.08. The zero-order valence-corrected chi connectivity index (χ0v) is 11.7. The molecule has 2 aromatic carbocycles. The van der Waals surface area contributed by atoms with Gasteiger partial charge in [-0.25, -0.2) is 13.2 Å². The number of rotatable bonds is 2. The molecule has 0 saturated carbocycles. The van der Waals surface area contributed by atoms with Crippen LogP contribution in [0.3, 0.4) is 0 Å². The second-order valence-corrected chi connectivity index (χ2v) is 5.45. The Morgan fingerprint density at radius 3 is 2.41 bits per heavy atom. The lowest BCUT2D eigenvalue weighted by atomic mass is 9.98. The monoisotopic (exact) mass is 305 g/mol. The van der Waals surface area contributed by atoms with Crippen LogP contribution in [0.4, 0.5) is 13.2 Å². The van der Waals surface area contributed by atoms with Gasteiger partial charge in [0.25, 0.3) is 5.91 Å². The number of nitrogens with zero attached hydrogens (tertiary/aromatic N) is 1. The predicted molar refractivity (Wildman–Crippen MR) is 76.0 cm³/mol. The fraction of sp³-hybridized carbons (Fsp3) is 0.235. The lowest BCUT2D eigenvalue weighted by Crippen LogP contribution is -2.28. The number of carbonyl (C=O) groups excluding carboxylic acids is 1. The van der Waals surface area contributed by atoms with Crippen LogP contribution < -0.4 is 0 Å². The van der Waals surface area contributed by atoms with Gasteiger partial charge in [0.2, 0.25) is 0 Å². The predicted octanol–water partition coefficient (Wildman–Crippen LogP) is 3.73. The van der Waals surface area contributed by atoms with E-state index in [0.717, 1.165) is 23.8 Å². The van der Waals surface area contributed by atoms with Crippen molar-refractivity contribution in [3.05, 3.63) is 71.0 Å². The first-order valence-corrected chi connectivity index (χ1v) is 7.04. The number of hydrogen-bond donors (Lipinski definition) is 0. The summed E-state index contributed by atoms with van der Waals surface area (Å²) in [6.07, 6.45) is 0.701. The lowest BCUT2D eigenvalue weighted by molar-refractivity contribution is 0.0789. The molecule has 1 amide bonds. The van der Waals surface area contributed by atoms with Crippen LogP contribution in [0.15, 0.2) is 42.5 Å². The summed E-state index contributed by atoms with van der Waals surface area (Å²) in [7, 11) is 0. The highest BCUT2D eigenvalue weighted by atomic mass is 19.1. The van der Waals surface area contributed by atoms with Crippen molar-refractivity contribution in [2.75, 3.05) is 13.1 Å². The van der Waals surface area contributed by atoms with Crippen LogP contribution >= 0.6 is 0 Å². The molecule has 1 unspecified atom stereocenters. The van der Waals surface area contributed by atoms with Crippen molar-refractivity contribution in [3.8, 4) is 0 Å². The number of halogens is 3. The van der Waals surface area contributed by atoms with Gasteiger partial charge in [-0.05, 0) is 36.2 Å². The van der Waals surface area contributed by atoms with Crippen molar-refractivity contribution in [2.45, 2.75) is 12.3 Å². The Morgan fingerprint density at radius 1 is 1.00 bits per heavy atom. The average molecular weight is 305 g/mol. The van der Waals surface area contributed by atoms with E-state index in [1.54, 1.807) is 11.0 Å². The highest BCUT2D eigenvalue weighted by molar-refractivity contribution is 5.94. The summed E-state index contributed by atoms with van der Waals surface area (Å²) in [4.78, 5) is 13.9. The molecule has 1 atom stereocenters. The fourth-order valence-corrected chi connectivity index (χ4v) is 2.84. The van der Waals surface area contributed by atoms with Crippen LogP contribution in [0.2, 0.25) is 0 Å². The van der Waals surface area contributed by atoms with Gasteiger partial charge < -0.3 is 4.90 Å². The molecule has 1 heterocycles. The molecule has 0 bridgehead atoms. The van der Waals surface area contributed by atoms with E-state index < -0.39 is 17.5 Å². The standard InChI is InChI=1S/C17H14F3NO/c18-14-3-1-2-11(6-14)12-4-5-21(10-12)17(22)13-7-15(19)9-16(20)8-13/h1-3,6-9,12H,4-5,10H2. The third kappa shape index (κ3) is 2.98. The first kappa shape index (κ1) is 14.6. The maximum atomic E-state index is 13.3. The number of carbonyl (C=O) groups is 1. The Labute approximate surface area is 126 Å². The molecule has 0 aromatic heterocycles. The van der Waals surface area contributed by atoms with E-state index in [4.69, 9.17) is 0 Å². The number of benzene rings is 2. The molecule has 2 nitrogen and oxygen atoms in total. The smallest absolute Gasteiger partial charge is 0.254 e. The van der Waals surface area contributed by atoms with Crippen LogP contribution in [0.1, 0.15) is 28.3 Å². The molecule has 0 radical (unpaired) electrons. The summed E-state index contributed by atoms with van der Waals surface area (Å²) in [5.74, 6) is -2.22. The van der Waals surface area contributed by atoms with Gasteiger partial charge in [0.1, 0.15) is 17.5 Å². The van der Waals surface area contributed by atoms with E-state index in [0.29, 0.717) is 19.5 Å². The van der Waals surface area contributed by atoms with Crippen molar-refractivity contribution in [2.24, 2.45) is 0 Å². The van der Waals surface area contributed by atoms with E-state index in [9.17, 15) is 18.0 Å². The largest absolute Gasteiger partial charge is 0.338 e. The van der Waals surface area contributed by atoms with Gasteiger partial charge in [-0.1, -0.05) is 12.1 Å². The Hall–Kier alpha value is -2.30. The summed E-state index contributed by atoms with van der Waals surface area (Å²) in [5.41, 5.74) is 0.832. The molecular weight excluding hydrogens is 291 g/mol. The molecule has 1 saturated heterocycles. The number of likely N-dealkylation sites (tertiary alicyclic amines) is 1. The molecule has 3 rings (SSSR count). The van der Waals surface area contributed by atoms with Crippen molar-refractivity contribution in [3.63, 3.8) is 0 Å². The summed E-state index contributed by atoms with van der Waals surface area (Å²) < 4.78 is 39.7. The minimum Gasteiger partial charge on any atom is -0.338 e. The van der Waals surface area contributed by atoms with Crippen molar-refractivity contribution < 1.29 is 18.0 Å². The van der Waals surface area contributed by atoms with Crippen LogP contribution in [0, 0.1) is 17.5 Å². The van der Waals surface area contributed by atoms with Crippen LogP contribution in [-0.2, 0) is 0 Å². The van der Waals surface area contributed by atoms with Gasteiger partial charge in [0.15, 0.2) is 0 Å².